The van der Waals surface area contributed by atoms with Crippen LogP contribution in [-0.2, 0) is 33.3 Å². The number of ether oxygens (including phenoxy) is 4. The summed E-state index contributed by atoms with van der Waals surface area (Å²) in [5, 5.41) is 34.8. The number of carbonyl (C=O) groups excluding carboxylic acids is 3. The fourth-order valence-electron chi connectivity index (χ4n) is 8.27. The first-order valence-corrected chi connectivity index (χ1v) is 10.2. The van der Waals surface area contributed by atoms with E-state index in [4.69, 9.17) is 18.9 Å². The van der Waals surface area contributed by atoms with E-state index in [1.807, 2.05) is 20.8 Å². The van der Waals surface area contributed by atoms with Gasteiger partial charge < -0.3 is 34.3 Å². The Labute approximate surface area is 171 Å². The van der Waals surface area contributed by atoms with Crippen molar-refractivity contribution in [2.45, 2.75) is 76.0 Å². The Hall–Kier alpha value is -1.75. The molecule has 3 N–H and O–H groups in total. The van der Waals surface area contributed by atoms with Crippen LogP contribution in [0.25, 0.3) is 0 Å². The third kappa shape index (κ3) is 1.35. The van der Waals surface area contributed by atoms with Crippen molar-refractivity contribution in [3.8, 4) is 0 Å². The second kappa shape index (κ2) is 4.69. The Kier molecular flexibility index (Phi) is 2.97. The maximum Gasteiger partial charge on any atom is 0.343 e. The van der Waals surface area contributed by atoms with Gasteiger partial charge in [0.1, 0.15) is 12.2 Å². The Morgan fingerprint density at radius 2 is 1.70 bits per heavy atom. The molecule has 2 saturated carbocycles. The van der Waals surface area contributed by atoms with Crippen molar-refractivity contribution in [3.05, 3.63) is 0 Å². The summed E-state index contributed by atoms with van der Waals surface area (Å²) in [5.74, 6) is -4.24. The van der Waals surface area contributed by atoms with Gasteiger partial charge in [-0.15, -0.1) is 0 Å². The van der Waals surface area contributed by atoms with Crippen molar-refractivity contribution in [1.29, 1.82) is 0 Å². The van der Waals surface area contributed by atoms with Crippen LogP contribution in [0, 0.1) is 28.1 Å². The van der Waals surface area contributed by atoms with Gasteiger partial charge in [-0.2, -0.15) is 0 Å². The van der Waals surface area contributed by atoms with Gasteiger partial charge in [-0.25, -0.2) is 4.79 Å². The molecule has 164 valence electrons. The van der Waals surface area contributed by atoms with E-state index in [0.717, 1.165) is 0 Å². The standard InChI is InChI=1S/C20H24O10/c1-6-13(24)28-12-10(23)18-11-8(22)9(16(2,3)4)17(18)5-7(21)27-15(17)30-20(18,14(25)29-11)19(6,12)26/h6,8-12,15,22-23,26H,5H2,1-4H3/t6-,8-,9+,10?,11?,12?,15?,17?,18?,19-,20-/m1/s1. The number of hydrogen-bond acceptors (Lipinski definition) is 10. The molecule has 0 amide bonds. The van der Waals surface area contributed by atoms with Gasteiger partial charge in [0.15, 0.2) is 11.7 Å². The third-order valence-corrected chi connectivity index (χ3v) is 8.85. The number of rotatable bonds is 0. The quantitative estimate of drug-likeness (QED) is 0.314. The highest BCUT2D eigenvalue weighted by Crippen LogP contribution is 2.84. The number of hydrogen-bond donors (Lipinski definition) is 3. The van der Waals surface area contributed by atoms with E-state index in [1.54, 1.807) is 0 Å². The molecule has 0 aromatic rings. The van der Waals surface area contributed by atoms with E-state index in [-0.39, 0.29) is 6.42 Å². The van der Waals surface area contributed by atoms with Crippen LogP contribution in [-0.4, -0.2) is 75.1 Å². The SMILES string of the molecule is C[C@@H]1C(=O)OC2C(O)C34C5OC(=O)[C@]3(OC3OC(=O)CC34[C@H](C(C)(C)C)[C@H]5O)[C@]21O. The smallest absolute Gasteiger partial charge is 0.343 e. The fourth-order valence-corrected chi connectivity index (χ4v) is 8.27. The third-order valence-electron chi connectivity index (χ3n) is 8.85. The topological polar surface area (TPSA) is 149 Å². The number of fused-ring (bicyclic) bond motifs is 1. The van der Waals surface area contributed by atoms with E-state index >= 15 is 0 Å². The molecular weight excluding hydrogens is 400 g/mol. The summed E-state index contributed by atoms with van der Waals surface area (Å²) in [6, 6.07) is 0. The van der Waals surface area contributed by atoms with Crippen molar-refractivity contribution < 1.29 is 48.7 Å². The minimum atomic E-state index is -2.24. The van der Waals surface area contributed by atoms with Crippen LogP contribution in [0.3, 0.4) is 0 Å². The molecule has 6 fully saturated rings. The highest BCUT2D eigenvalue weighted by molar-refractivity contribution is 5.93. The monoisotopic (exact) mass is 424 g/mol. The van der Waals surface area contributed by atoms with Crippen molar-refractivity contribution in [2.24, 2.45) is 28.1 Å². The van der Waals surface area contributed by atoms with Gasteiger partial charge in [-0.1, -0.05) is 20.8 Å². The zero-order valence-corrected chi connectivity index (χ0v) is 16.9. The molecule has 0 aromatic heterocycles. The van der Waals surface area contributed by atoms with Crippen LogP contribution in [0.2, 0.25) is 0 Å². The molecule has 4 saturated heterocycles. The van der Waals surface area contributed by atoms with Gasteiger partial charge in [-0.3, -0.25) is 9.59 Å². The number of carbonyl (C=O) groups is 3. The summed E-state index contributed by atoms with van der Waals surface area (Å²) in [7, 11) is 0. The number of aliphatic hydroxyl groups excluding tert-OH is 2. The fraction of sp³-hybridized carbons (Fsp3) is 0.850. The lowest BCUT2D eigenvalue weighted by Gasteiger charge is -2.46. The Morgan fingerprint density at radius 1 is 1.03 bits per heavy atom. The lowest BCUT2D eigenvalue weighted by atomic mass is 9.52. The van der Waals surface area contributed by atoms with Crippen molar-refractivity contribution in [1.82, 2.24) is 0 Å². The summed E-state index contributed by atoms with van der Waals surface area (Å²) >= 11 is 0. The predicted octanol–water partition coefficient (Wildman–Crippen LogP) is -1.37. The van der Waals surface area contributed by atoms with E-state index in [1.165, 1.54) is 6.92 Å². The van der Waals surface area contributed by atoms with E-state index in [2.05, 4.69) is 0 Å². The van der Waals surface area contributed by atoms with Gasteiger partial charge in [0.2, 0.25) is 11.9 Å². The average Bonchev–Trinajstić information content (AvgIpc) is 3.32. The van der Waals surface area contributed by atoms with Crippen molar-refractivity contribution in [3.63, 3.8) is 0 Å². The molecule has 6 unspecified atom stereocenters. The maximum absolute atomic E-state index is 13.4. The molecule has 6 aliphatic rings. The van der Waals surface area contributed by atoms with Crippen LogP contribution >= 0.6 is 0 Å². The summed E-state index contributed by atoms with van der Waals surface area (Å²) in [5.41, 5.74) is -8.15. The molecule has 0 radical (unpaired) electrons. The van der Waals surface area contributed by atoms with Crippen LogP contribution in [0.5, 0.6) is 0 Å². The average molecular weight is 424 g/mol. The van der Waals surface area contributed by atoms with Gasteiger partial charge in [0, 0.05) is 5.92 Å². The molecule has 0 aromatic carbocycles. The number of aliphatic hydroxyl groups is 3. The first-order valence-electron chi connectivity index (χ1n) is 10.2. The first-order chi connectivity index (χ1) is 13.8. The molecule has 30 heavy (non-hydrogen) atoms. The molecule has 10 heteroatoms. The molecular formula is C20H24O10. The minimum absolute atomic E-state index is 0.228. The molecule has 4 aliphatic heterocycles. The van der Waals surface area contributed by atoms with Crippen molar-refractivity contribution >= 4 is 17.9 Å². The minimum Gasteiger partial charge on any atom is -0.456 e. The maximum atomic E-state index is 13.4. The van der Waals surface area contributed by atoms with E-state index in [0.29, 0.717) is 0 Å². The Morgan fingerprint density at radius 3 is 2.33 bits per heavy atom. The normalized spacial score (nSPS) is 60.1. The van der Waals surface area contributed by atoms with E-state index in [9.17, 15) is 29.7 Å². The summed E-state index contributed by atoms with van der Waals surface area (Å²) in [6.07, 6.45) is -7.11. The summed E-state index contributed by atoms with van der Waals surface area (Å²) in [6.45, 7) is 7.00. The molecule has 2 spiro atoms. The zero-order valence-electron chi connectivity index (χ0n) is 16.9. The van der Waals surface area contributed by atoms with Gasteiger partial charge in [-0.05, 0) is 12.3 Å². The summed E-state index contributed by atoms with van der Waals surface area (Å²) < 4.78 is 22.5. The lowest BCUT2D eigenvalue weighted by Crippen LogP contribution is -2.65. The van der Waals surface area contributed by atoms with Gasteiger partial charge in [0.25, 0.3) is 0 Å². The Balaban J connectivity index is 1.72. The zero-order chi connectivity index (χ0) is 21.8. The summed E-state index contributed by atoms with van der Waals surface area (Å²) in [4.78, 5) is 38.2. The molecule has 6 rings (SSSR count). The largest absolute Gasteiger partial charge is 0.456 e. The highest BCUT2D eigenvalue weighted by atomic mass is 16.7. The number of esters is 3. The molecule has 10 nitrogen and oxygen atoms in total. The predicted molar refractivity (Wildman–Crippen MR) is 92.0 cm³/mol. The Bertz CT molecular complexity index is 925. The van der Waals surface area contributed by atoms with Crippen LogP contribution in [0.4, 0.5) is 0 Å². The molecule has 2 aliphatic carbocycles. The van der Waals surface area contributed by atoms with Gasteiger partial charge in [0.05, 0.1) is 29.3 Å². The highest BCUT2D eigenvalue weighted by Gasteiger charge is 3.03. The van der Waals surface area contributed by atoms with Crippen LogP contribution in [0.15, 0.2) is 0 Å². The second-order valence-electron chi connectivity index (χ2n) is 10.7. The van der Waals surface area contributed by atoms with Crippen LogP contribution < -0.4 is 0 Å². The van der Waals surface area contributed by atoms with Gasteiger partial charge >= 0.3 is 17.9 Å². The second-order valence-corrected chi connectivity index (χ2v) is 10.7. The first kappa shape index (κ1) is 19.0. The molecule has 0 bridgehead atoms. The van der Waals surface area contributed by atoms with Crippen LogP contribution in [0.1, 0.15) is 34.1 Å². The van der Waals surface area contributed by atoms with E-state index < -0.39 is 87.9 Å². The van der Waals surface area contributed by atoms with Crippen molar-refractivity contribution in [2.75, 3.05) is 0 Å². The molecule has 11 atom stereocenters. The molecule has 4 heterocycles. The lowest BCUT2D eigenvalue weighted by molar-refractivity contribution is -0.240.